The van der Waals surface area contributed by atoms with Crippen LogP contribution in [0, 0.1) is 0 Å². The van der Waals surface area contributed by atoms with E-state index in [2.05, 4.69) is 0 Å². The zero-order chi connectivity index (χ0) is 13.8. The summed E-state index contributed by atoms with van der Waals surface area (Å²) in [6.45, 7) is 0.528. The molecule has 1 saturated carbocycles. The number of nitrogens with two attached hydrogens (primary N) is 1. The highest BCUT2D eigenvalue weighted by atomic mass is 16.4. The molecular formula is C13H18N2O4. The van der Waals surface area contributed by atoms with Crippen LogP contribution in [0.2, 0.25) is 0 Å². The van der Waals surface area contributed by atoms with Gasteiger partial charge in [-0.1, -0.05) is 12.8 Å². The first-order chi connectivity index (χ1) is 9.08. The number of carbonyl (C=O) groups excluding carboxylic acids is 1. The number of primary amides is 1. The Bertz CT molecular complexity index is 463. The highest BCUT2D eigenvalue weighted by molar-refractivity contribution is 5.86. The van der Waals surface area contributed by atoms with Crippen LogP contribution in [0.25, 0.3) is 0 Å². The van der Waals surface area contributed by atoms with E-state index in [-0.39, 0.29) is 12.3 Å². The van der Waals surface area contributed by atoms with E-state index in [0.717, 1.165) is 25.7 Å². The molecule has 1 amide bonds. The van der Waals surface area contributed by atoms with Crippen LogP contribution in [0.4, 0.5) is 0 Å². The van der Waals surface area contributed by atoms with E-state index in [9.17, 15) is 9.59 Å². The molecule has 1 aliphatic rings. The number of amides is 1. The largest absolute Gasteiger partial charge is 0.475 e. The molecule has 0 radical (unpaired) electrons. The Morgan fingerprint density at radius 2 is 2.11 bits per heavy atom. The van der Waals surface area contributed by atoms with Crippen LogP contribution in [-0.4, -0.2) is 34.5 Å². The fraction of sp³-hybridized carbons (Fsp3) is 0.538. The van der Waals surface area contributed by atoms with Crippen molar-refractivity contribution in [2.75, 3.05) is 6.54 Å². The molecule has 0 saturated heterocycles. The molecule has 1 aromatic heterocycles. The van der Waals surface area contributed by atoms with Gasteiger partial charge < -0.3 is 15.3 Å². The Labute approximate surface area is 111 Å². The van der Waals surface area contributed by atoms with Crippen LogP contribution in [0.15, 0.2) is 16.7 Å². The van der Waals surface area contributed by atoms with Crippen LogP contribution in [-0.2, 0) is 11.3 Å². The van der Waals surface area contributed by atoms with Gasteiger partial charge in [0.25, 0.3) is 0 Å². The number of furan rings is 1. The van der Waals surface area contributed by atoms with Crippen molar-refractivity contribution in [2.45, 2.75) is 38.3 Å². The number of hydrogen-bond donors (Lipinski definition) is 2. The number of carboxylic acid groups (broad SMARTS) is 1. The predicted molar refractivity (Wildman–Crippen MR) is 67.5 cm³/mol. The van der Waals surface area contributed by atoms with Gasteiger partial charge in [-0.15, -0.1) is 0 Å². The molecule has 1 heterocycles. The predicted octanol–water partition coefficient (Wildman–Crippen LogP) is 1.21. The molecule has 1 aliphatic carbocycles. The van der Waals surface area contributed by atoms with Gasteiger partial charge in [-0.05, 0) is 18.9 Å². The minimum absolute atomic E-state index is 0.0625. The van der Waals surface area contributed by atoms with E-state index in [1.54, 1.807) is 6.07 Å². The van der Waals surface area contributed by atoms with Gasteiger partial charge in [0, 0.05) is 18.2 Å². The van der Waals surface area contributed by atoms with E-state index >= 15 is 0 Å². The molecule has 3 N–H and O–H groups in total. The number of carbonyl (C=O) groups is 2. The molecule has 0 unspecified atom stereocenters. The number of nitrogens with zero attached hydrogens (tertiary/aromatic N) is 1. The molecule has 0 atom stereocenters. The summed E-state index contributed by atoms with van der Waals surface area (Å²) in [5, 5.41) is 9.01. The third-order valence-electron chi connectivity index (χ3n) is 3.51. The number of aromatic carboxylic acids is 1. The van der Waals surface area contributed by atoms with Gasteiger partial charge in [0.1, 0.15) is 0 Å². The monoisotopic (exact) mass is 266 g/mol. The zero-order valence-corrected chi connectivity index (χ0v) is 10.7. The molecule has 0 aromatic carbocycles. The van der Waals surface area contributed by atoms with E-state index in [0.29, 0.717) is 18.2 Å². The smallest absolute Gasteiger partial charge is 0.372 e. The highest BCUT2D eigenvalue weighted by Gasteiger charge is 2.26. The number of rotatable bonds is 6. The molecule has 1 fully saturated rings. The van der Waals surface area contributed by atoms with Crippen LogP contribution < -0.4 is 5.73 Å². The second-order valence-electron chi connectivity index (χ2n) is 4.89. The van der Waals surface area contributed by atoms with E-state index in [1.165, 1.54) is 6.26 Å². The Morgan fingerprint density at radius 3 is 2.68 bits per heavy atom. The second-order valence-corrected chi connectivity index (χ2v) is 4.89. The average molecular weight is 266 g/mol. The summed E-state index contributed by atoms with van der Waals surface area (Å²) >= 11 is 0. The van der Waals surface area contributed by atoms with E-state index in [4.69, 9.17) is 15.3 Å². The van der Waals surface area contributed by atoms with Crippen molar-refractivity contribution in [2.24, 2.45) is 5.73 Å². The lowest BCUT2D eigenvalue weighted by molar-refractivity contribution is -0.119. The van der Waals surface area contributed by atoms with Gasteiger partial charge in [-0.25, -0.2) is 4.79 Å². The molecule has 0 aliphatic heterocycles. The maximum atomic E-state index is 11.2. The van der Waals surface area contributed by atoms with Crippen molar-refractivity contribution in [1.29, 1.82) is 0 Å². The molecule has 6 heteroatoms. The normalized spacial score (nSPS) is 16.1. The first-order valence-corrected chi connectivity index (χ1v) is 6.40. The number of hydrogen-bond acceptors (Lipinski definition) is 4. The lowest BCUT2D eigenvalue weighted by atomic mass is 10.1. The quantitative estimate of drug-likeness (QED) is 0.806. The summed E-state index contributed by atoms with van der Waals surface area (Å²) in [5.41, 5.74) is 5.85. The van der Waals surface area contributed by atoms with Crippen molar-refractivity contribution in [3.8, 4) is 0 Å². The lowest BCUT2D eigenvalue weighted by Crippen LogP contribution is -2.39. The van der Waals surface area contributed by atoms with Crippen molar-refractivity contribution in [3.05, 3.63) is 23.7 Å². The van der Waals surface area contributed by atoms with Gasteiger partial charge in [0.2, 0.25) is 11.7 Å². The van der Waals surface area contributed by atoms with Gasteiger partial charge in [-0.3, -0.25) is 9.69 Å². The van der Waals surface area contributed by atoms with Crippen LogP contribution >= 0.6 is 0 Å². The Hall–Kier alpha value is -1.82. The molecule has 0 spiro atoms. The maximum Gasteiger partial charge on any atom is 0.372 e. The summed E-state index contributed by atoms with van der Waals surface area (Å²) in [5.74, 6) is -1.55. The molecule has 6 nitrogen and oxygen atoms in total. The summed E-state index contributed by atoms with van der Waals surface area (Å²) in [6.07, 6.45) is 5.67. The van der Waals surface area contributed by atoms with Gasteiger partial charge in [0.15, 0.2) is 0 Å². The fourth-order valence-electron chi connectivity index (χ4n) is 2.65. The molecule has 1 aromatic rings. The fourth-order valence-corrected chi connectivity index (χ4v) is 2.65. The van der Waals surface area contributed by atoms with Crippen molar-refractivity contribution >= 4 is 11.9 Å². The van der Waals surface area contributed by atoms with Crippen LogP contribution in [0.1, 0.15) is 41.8 Å². The Morgan fingerprint density at radius 1 is 1.42 bits per heavy atom. The summed E-state index contributed by atoms with van der Waals surface area (Å²) in [6, 6.07) is 1.93. The SMILES string of the molecule is NC(=O)CN(Cc1ccoc1C(=O)O)C1CCCC1. The maximum absolute atomic E-state index is 11.2. The van der Waals surface area contributed by atoms with Crippen molar-refractivity contribution in [1.82, 2.24) is 4.90 Å². The molecule has 19 heavy (non-hydrogen) atoms. The first-order valence-electron chi connectivity index (χ1n) is 6.40. The lowest BCUT2D eigenvalue weighted by Gasteiger charge is -2.27. The molecule has 104 valence electrons. The van der Waals surface area contributed by atoms with Crippen molar-refractivity contribution in [3.63, 3.8) is 0 Å². The second kappa shape index (κ2) is 5.88. The highest BCUT2D eigenvalue weighted by Crippen LogP contribution is 2.25. The van der Waals surface area contributed by atoms with E-state index < -0.39 is 11.9 Å². The summed E-state index contributed by atoms with van der Waals surface area (Å²) in [4.78, 5) is 24.1. The summed E-state index contributed by atoms with van der Waals surface area (Å²) in [7, 11) is 0. The first kappa shape index (κ1) is 13.6. The minimum Gasteiger partial charge on any atom is -0.475 e. The van der Waals surface area contributed by atoms with Gasteiger partial charge >= 0.3 is 5.97 Å². The van der Waals surface area contributed by atoms with Crippen molar-refractivity contribution < 1.29 is 19.1 Å². The van der Waals surface area contributed by atoms with E-state index in [1.807, 2.05) is 4.90 Å². The zero-order valence-electron chi connectivity index (χ0n) is 10.7. The Kier molecular flexibility index (Phi) is 4.21. The average Bonchev–Trinajstić information content (AvgIpc) is 2.98. The van der Waals surface area contributed by atoms with Gasteiger partial charge in [0.05, 0.1) is 12.8 Å². The minimum atomic E-state index is -1.09. The Balaban J connectivity index is 2.12. The van der Waals surface area contributed by atoms with Crippen LogP contribution in [0.5, 0.6) is 0 Å². The third-order valence-corrected chi connectivity index (χ3v) is 3.51. The molecule has 2 rings (SSSR count). The summed E-state index contributed by atoms with van der Waals surface area (Å²) < 4.78 is 4.95. The molecule has 0 bridgehead atoms. The van der Waals surface area contributed by atoms with Crippen LogP contribution in [0.3, 0.4) is 0 Å². The van der Waals surface area contributed by atoms with Gasteiger partial charge in [-0.2, -0.15) is 0 Å². The number of carboxylic acids is 1. The third kappa shape index (κ3) is 3.35. The topological polar surface area (TPSA) is 96.8 Å². The molecular weight excluding hydrogens is 248 g/mol. The standard InChI is InChI=1S/C13H18N2O4/c14-11(16)8-15(10-3-1-2-4-10)7-9-5-6-19-12(9)13(17)18/h5-6,10H,1-4,7-8H2,(H2,14,16)(H,17,18).